The molecule has 1 N–H and O–H groups in total. The molecule has 6 heteroatoms. The Bertz CT molecular complexity index is 503. The molecule has 0 fully saturated rings. The van der Waals surface area contributed by atoms with Crippen molar-refractivity contribution in [1.82, 2.24) is 5.32 Å². The highest BCUT2D eigenvalue weighted by atomic mass is 32.2. The lowest BCUT2D eigenvalue weighted by Crippen LogP contribution is -2.13. The lowest BCUT2D eigenvalue weighted by Gasteiger charge is -2.07. The van der Waals surface area contributed by atoms with Gasteiger partial charge in [-0.2, -0.15) is 0 Å². The first-order chi connectivity index (χ1) is 8.92. The van der Waals surface area contributed by atoms with Gasteiger partial charge < -0.3 is 5.32 Å². The molecule has 0 saturated heterocycles. The SMILES string of the molecule is CCCNCc1ccc(SCCS(C)(=O)=O)c(F)c1. The first-order valence-electron chi connectivity index (χ1n) is 6.22. The second-order valence-electron chi connectivity index (χ2n) is 4.42. The number of hydrogen-bond acceptors (Lipinski definition) is 4. The molecule has 0 heterocycles. The van der Waals surface area contributed by atoms with E-state index in [4.69, 9.17) is 0 Å². The van der Waals surface area contributed by atoms with E-state index in [0.717, 1.165) is 18.5 Å². The molecule has 1 rings (SSSR count). The minimum Gasteiger partial charge on any atom is -0.313 e. The zero-order valence-corrected chi connectivity index (χ0v) is 12.9. The molecule has 3 nitrogen and oxygen atoms in total. The Morgan fingerprint density at radius 1 is 1.37 bits per heavy atom. The van der Waals surface area contributed by atoms with Crippen LogP contribution in [-0.4, -0.2) is 32.7 Å². The smallest absolute Gasteiger partial charge is 0.148 e. The highest BCUT2D eigenvalue weighted by molar-refractivity contribution is 8.00. The van der Waals surface area contributed by atoms with Gasteiger partial charge in [0.1, 0.15) is 15.7 Å². The zero-order chi connectivity index (χ0) is 14.3. The Morgan fingerprint density at radius 3 is 2.68 bits per heavy atom. The van der Waals surface area contributed by atoms with Gasteiger partial charge >= 0.3 is 0 Å². The maximum atomic E-state index is 13.8. The van der Waals surface area contributed by atoms with E-state index in [0.29, 0.717) is 17.2 Å². The Hall–Kier alpha value is -0.590. The van der Waals surface area contributed by atoms with Crippen molar-refractivity contribution in [2.24, 2.45) is 0 Å². The first-order valence-corrected chi connectivity index (χ1v) is 9.26. The summed E-state index contributed by atoms with van der Waals surface area (Å²) < 4.78 is 35.8. The second kappa shape index (κ2) is 7.87. The van der Waals surface area contributed by atoms with Crippen LogP contribution in [0.1, 0.15) is 18.9 Å². The molecule has 0 saturated carbocycles. The standard InChI is InChI=1S/C13H20FNO2S2/c1-3-6-15-10-11-4-5-13(12(14)9-11)18-7-8-19(2,16)17/h4-5,9,15H,3,6-8,10H2,1-2H3. The number of hydrogen-bond donors (Lipinski definition) is 1. The third kappa shape index (κ3) is 6.94. The lowest BCUT2D eigenvalue weighted by atomic mass is 10.2. The van der Waals surface area contributed by atoms with Gasteiger partial charge in [-0.25, -0.2) is 12.8 Å². The molecule has 0 amide bonds. The van der Waals surface area contributed by atoms with E-state index >= 15 is 0 Å². The van der Waals surface area contributed by atoms with E-state index in [9.17, 15) is 12.8 Å². The van der Waals surface area contributed by atoms with Crippen molar-refractivity contribution in [3.05, 3.63) is 29.6 Å². The molecule has 0 aliphatic rings. The van der Waals surface area contributed by atoms with Crippen LogP contribution >= 0.6 is 11.8 Å². The normalized spacial score (nSPS) is 11.7. The summed E-state index contributed by atoms with van der Waals surface area (Å²) in [6, 6.07) is 5.09. The largest absolute Gasteiger partial charge is 0.313 e. The third-order valence-electron chi connectivity index (χ3n) is 2.46. The minimum atomic E-state index is -2.98. The molecule has 1 aromatic rings. The summed E-state index contributed by atoms with van der Waals surface area (Å²) in [5, 5.41) is 3.21. The molecular weight excluding hydrogens is 285 g/mol. The predicted octanol–water partition coefficient (Wildman–Crippen LogP) is 2.46. The molecule has 108 valence electrons. The Morgan fingerprint density at radius 2 is 2.11 bits per heavy atom. The molecular formula is C13H20FNO2S2. The van der Waals surface area contributed by atoms with Crippen molar-refractivity contribution in [3.8, 4) is 0 Å². The maximum absolute atomic E-state index is 13.8. The van der Waals surface area contributed by atoms with Gasteiger partial charge in [0, 0.05) is 23.4 Å². The molecule has 19 heavy (non-hydrogen) atoms. The molecule has 0 unspecified atom stereocenters. The fraction of sp³-hybridized carbons (Fsp3) is 0.538. The highest BCUT2D eigenvalue weighted by Gasteiger charge is 2.07. The summed E-state index contributed by atoms with van der Waals surface area (Å²) in [5.74, 6) is 0.161. The van der Waals surface area contributed by atoms with Gasteiger partial charge in [0.25, 0.3) is 0 Å². The van der Waals surface area contributed by atoms with Gasteiger partial charge in [0.15, 0.2) is 0 Å². The lowest BCUT2D eigenvalue weighted by molar-refractivity contribution is 0.594. The van der Waals surface area contributed by atoms with Crippen LogP contribution in [-0.2, 0) is 16.4 Å². The van der Waals surface area contributed by atoms with Crippen molar-refractivity contribution in [2.75, 3.05) is 24.3 Å². The molecule has 1 aromatic carbocycles. The van der Waals surface area contributed by atoms with Crippen LogP contribution in [0.2, 0.25) is 0 Å². The minimum absolute atomic E-state index is 0.0664. The van der Waals surface area contributed by atoms with E-state index in [1.54, 1.807) is 6.07 Å². The van der Waals surface area contributed by atoms with Crippen molar-refractivity contribution in [2.45, 2.75) is 24.8 Å². The van der Waals surface area contributed by atoms with Gasteiger partial charge in [-0.3, -0.25) is 0 Å². The van der Waals surface area contributed by atoms with Crippen LogP contribution in [0.3, 0.4) is 0 Å². The van der Waals surface area contributed by atoms with Crippen LogP contribution in [0.4, 0.5) is 4.39 Å². The summed E-state index contributed by atoms with van der Waals surface area (Å²) in [7, 11) is -2.98. The van der Waals surface area contributed by atoms with Crippen LogP contribution in [0.25, 0.3) is 0 Å². The summed E-state index contributed by atoms with van der Waals surface area (Å²) >= 11 is 1.24. The van der Waals surface area contributed by atoms with Gasteiger partial charge in [0.2, 0.25) is 0 Å². The summed E-state index contributed by atoms with van der Waals surface area (Å²) in [5.41, 5.74) is 0.901. The number of sulfone groups is 1. The van der Waals surface area contributed by atoms with Gasteiger partial charge in [0.05, 0.1) is 5.75 Å². The summed E-state index contributed by atoms with van der Waals surface area (Å²) in [6.07, 6.45) is 2.23. The molecule has 0 bridgehead atoms. The molecule has 0 aliphatic carbocycles. The molecule has 0 aliphatic heterocycles. The second-order valence-corrected chi connectivity index (χ2v) is 7.82. The predicted molar refractivity (Wildman–Crippen MR) is 78.8 cm³/mol. The van der Waals surface area contributed by atoms with Crippen LogP contribution in [0.15, 0.2) is 23.1 Å². The first kappa shape index (κ1) is 16.5. The Kier molecular flexibility index (Phi) is 6.82. The zero-order valence-electron chi connectivity index (χ0n) is 11.3. The molecule has 0 aromatic heterocycles. The average Bonchev–Trinajstić information content (AvgIpc) is 2.31. The number of thioether (sulfide) groups is 1. The monoisotopic (exact) mass is 305 g/mol. The van der Waals surface area contributed by atoms with E-state index in [-0.39, 0.29) is 11.6 Å². The molecule has 0 radical (unpaired) electrons. The Labute approximate surface area is 118 Å². The highest BCUT2D eigenvalue weighted by Crippen LogP contribution is 2.22. The van der Waals surface area contributed by atoms with Crippen LogP contribution in [0, 0.1) is 5.82 Å². The number of nitrogens with one attached hydrogen (secondary N) is 1. The van der Waals surface area contributed by atoms with Crippen molar-refractivity contribution < 1.29 is 12.8 Å². The van der Waals surface area contributed by atoms with Gasteiger partial charge in [-0.05, 0) is 30.7 Å². The summed E-state index contributed by atoms with van der Waals surface area (Å²) in [4.78, 5) is 0.503. The van der Waals surface area contributed by atoms with Crippen molar-refractivity contribution in [1.29, 1.82) is 0 Å². The number of benzene rings is 1. The fourth-order valence-corrected chi connectivity index (χ4v) is 3.61. The Balaban J connectivity index is 2.52. The van der Waals surface area contributed by atoms with Gasteiger partial charge in [-0.15, -0.1) is 11.8 Å². The van der Waals surface area contributed by atoms with Crippen molar-refractivity contribution >= 4 is 21.6 Å². The van der Waals surface area contributed by atoms with Crippen LogP contribution < -0.4 is 5.32 Å². The number of halogens is 1. The third-order valence-corrected chi connectivity index (χ3v) is 4.72. The fourth-order valence-electron chi connectivity index (χ4n) is 1.48. The summed E-state index contributed by atoms with van der Waals surface area (Å²) in [6.45, 7) is 3.64. The topological polar surface area (TPSA) is 46.2 Å². The van der Waals surface area contributed by atoms with E-state index in [2.05, 4.69) is 12.2 Å². The number of rotatable bonds is 8. The van der Waals surface area contributed by atoms with Crippen LogP contribution in [0.5, 0.6) is 0 Å². The maximum Gasteiger partial charge on any atom is 0.148 e. The van der Waals surface area contributed by atoms with E-state index < -0.39 is 9.84 Å². The average molecular weight is 305 g/mol. The van der Waals surface area contributed by atoms with E-state index in [1.165, 1.54) is 24.1 Å². The van der Waals surface area contributed by atoms with Gasteiger partial charge in [-0.1, -0.05) is 13.0 Å². The van der Waals surface area contributed by atoms with E-state index in [1.807, 2.05) is 6.07 Å². The quantitative estimate of drug-likeness (QED) is 0.592. The molecule has 0 spiro atoms. The molecule has 0 atom stereocenters. The van der Waals surface area contributed by atoms with Crippen molar-refractivity contribution in [3.63, 3.8) is 0 Å².